The van der Waals surface area contributed by atoms with E-state index in [0.29, 0.717) is 6.42 Å². The van der Waals surface area contributed by atoms with Gasteiger partial charge < -0.3 is 0 Å². The number of azo groups is 1. The van der Waals surface area contributed by atoms with Gasteiger partial charge in [-0.2, -0.15) is 15.3 Å². The van der Waals surface area contributed by atoms with E-state index in [4.69, 9.17) is 10.2 Å². The van der Waals surface area contributed by atoms with E-state index in [1.165, 1.54) is 0 Å². The number of hydrazone groups is 1. The number of nitrogens with one attached hydrogen (secondary N) is 1. The summed E-state index contributed by atoms with van der Waals surface area (Å²) < 4.78 is 0. The average molecular weight is 469 g/mol. The molecule has 1 amide bonds. The first-order chi connectivity index (χ1) is 16.7. The zero-order valence-electron chi connectivity index (χ0n) is 20.9. The molecule has 1 atom stereocenters. The molecule has 1 aromatic carbocycles. The van der Waals surface area contributed by atoms with Crippen molar-refractivity contribution >= 4 is 17.3 Å². The highest BCUT2D eigenvalue weighted by Crippen LogP contribution is 2.42. The van der Waals surface area contributed by atoms with Crippen molar-refractivity contribution in [3.8, 4) is 0 Å². The highest BCUT2D eigenvalue weighted by Gasteiger charge is 2.43. The van der Waals surface area contributed by atoms with Crippen molar-refractivity contribution < 1.29 is 4.79 Å². The van der Waals surface area contributed by atoms with Gasteiger partial charge in [0.1, 0.15) is 0 Å². The van der Waals surface area contributed by atoms with Crippen LogP contribution in [0.25, 0.3) is 0 Å². The maximum atomic E-state index is 11.6. The standard InChI is InChI=1S/C28H32N6O/c1-19-18-24(35)32-33-25(19)20-6-8-23(9-7-20)31-34-26(27(2,3)21-10-14-29-15-11-21)28(4,5)22-12-16-30-17-13-22/h6-17,19,26H,18H2,1-5H3,(H,32,35). The molecule has 0 bridgehead atoms. The van der Waals surface area contributed by atoms with E-state index in [1.807, 2.05) is 80.2 Å². The van der Waals surface area contributed by atoms with E-state index in [0.717, 1.165) is 28.1 Å². The van der Waals surface area contributed by atoms with E-state index in [-0.39, 0.29) is 28.7 Å². The predicted octanol–water partition coefficient (Wildman–Crippen LogP) is 5.74. The van der Waals surface area contributed by atoms with Gasteiger partial charge in [0.25, 0.3) is 0 Å². The third kappa shape index (κ3) is 5.19. The third-order valence-electron chi connectivity index (χ3n) is 6.93. The zero-order valence-corrected chi connectivity index (χ0v) is 20.9. The van der Waals surface area contributed by atoms with E-state index in [2.05, 4.69) is 48.2 Å². The second-order valence-electron chi connectivity index (χ2n) is 10.2. The Morgan fingerprint density at radius 2 is 1.37 bits per heavy atom. The number of amides is 1. The van der Waals surface area contributed by atoms with Crippen LogP contribution in [0.1, 0.15) is 57.7 Å². The van der Waals surface area contributed by atoms with Crippen molar-refractivity contribution in [2.75, 3.05) is 0 Å². The molecule has 0 spiro atoms. The molecule has 0 saturated carbocycles. The molecular weight excluding hydrogens is 436 g/mol. The van der Waals surface area contributed by atoms with Gasteiger partial charge in [-0.05, 0) is 53.1 Å². The van der Waals surface area contributed by atoms with Crippen LogP contribution >= 0.6 is 0 Å². The summed E-state index contributed by atoms with van der Waals surface area (Å²) in [5, 5.41) is 13.9. The van der Waals surface area contributed by atoms with Crippen molar-refractivity contribution in [1.29, 1.82) is 0 Å². The van der Waals surface area contributed by atoms with E-state index < -0.39 is 0 Å². The number of hydrogen-bond donors (Lipinski definition) is 1. The summed E-state index contributed by atoms with van der Waals surface area (Å²) >= 11 is 0. The monoisotopic (exact) mass is 468 g/mol. The summed E-state index contributed by atoms with van der Waals surface area (Å²) in [6.45, 7) is 10.8. The van der Waals surface area contributed by atoms with Gasteiger partial charge in [0.15, 0.2) is 0 Å². The highest BCUT2D eigenvalue weighted by atomic mass is 16.2. The van der Waals surface area contributed by atoms with Crippen LogP contribution in [-0.2, 0) is 15.6 Å². The summed E-state index contributed by atoms with van der Waals surface area (Å²) in [6.07, 6.45) is 7.72. The third-order valence-corrected chi connectivity index (χ3v) is 6.93. The normalized spacial score (nSPS) is 16.9. The summed E-state index contributed by atoms with van der Waals surface area (Å²) in [6, 6.07) is 15.9. The lowest BCUT2D eigenvalue weighted by atomic mass is 9.65. The Kier molecular flexibility index (Phi) is 6.87. The lowest BCUT2D eigenvalue weighted by Crippen LogP contribution is -2.45. The van der Waals surface area contributed by atoms with E-state index >= 15 is 0 Å². The number of nitrogens with zero attached hydrogens (tertiary/aromatic N) is 5. The number of carbonyl (C=O) groups excluding carboxylic acids is 1. The average Bonchev–Trinajstić information content (AvgIpc) is 2.85. The number of rotatable bonds is 7. The Balaban J connectivity index is 1.67. The Labute approximate surface area is 206 Å². The van der Waals surface area contributed by atoms with E-state index in [1.54, 1.807) is 0 Å². The fraction of sp³-hybridized carbons (Fsp3) is 0.357. The summed E-state index contributed by atoms with van der Waals surface area (Å²) in [5.41, 5.74) is 6.87. The van der Waals surface area contributed by atoms with Gasteiger partial charge in [0.05, 0.1) is 17.4 Å². The molecule has 1 aliphatic rings. The molecule has 7 heteroatoms. The molecule has 3 aromatic rings. The zero-order chi connectivity index (χ0) is 25.1. The van der Waals surface area contributed by atoms with Crippen LogP contribution in [0.3, 0.4) is 0 Å². The highest BCUT2D eigenvalue weighted by molar-refractivity contribution is 6.05. The summed E-state index contributed by atoms with van der Waals surface area (Å²) in [4.78, 5) is 20.0. The maximum absolute atomic E-state index is 11.6. The van der Waals surface area contributed by atoms with Crippen LogP contribution in [0.15, 0.2) is 88.6 Å². The van der Waals surface area contributed by atoms with Gasteiger partial charge in [-0.15, -0.1) is 0 Å². The molecule has 0 radical (unpaired) electrons. The van der Waals surface area contributed by atoms with Gasteiger partial charge in [0, 0.05) is 48.0 Å². The molecule has 0 fully saturated rings. The minimum Gasteiger partial charge on any atom is -0.273 e. The fourth-order valence-corrected chi connectivity index (χ4v) is 4.89. The van der Waals surface area contributed by atoms with Crippen molar-refractivity contribution in [1.82, 2.24) is 15.4 Å². The van der Waals surface area contributed by atoms with E-state index in [9.17, 15) is 4.79 Å². The lowest BCUT2D eigenvalue weighted by molar-refractivity contribution is -0.121. The molecule has 2 aromatic heterocycles. The number of aromatic nitrogens is 2. The SMILES string of the molecule is CC1CC(=O)NN=C1c1ccc(N=NC(C(C)(C)c2ccncc2)C(C)(C)c2ccncc2)cc1. The molecule has 7 nitrogen and oxygen atoms in total. The molecule has 35 heavy (non-hydrogen) atoms. The van der Waals surface area contributed by atoms with Gasteiger partial charge in [-0.1, -0.05) is 46.8 Å². The lowest BCUT2D eigenvalue weighted by Gasteiger charge is -2.42. The second kappa shape index (κ2) is 9.86. The molecule has 1 unspecified atom stereocenters. The molecule has 180 valence electrons. The first-order valence-corrected chi connectivity index (χ1v) is 11.9. The van der Waals surface area contributed by atoms with Crippen LogP contribution in [0, 0.1) is 5.92 Å². The van der Waals surface area contributed by atoms with Crippen LogP contribution in [0.4, 0.5) is 5.69 Å². The first kappa shape index (κ1) is 24.4. The summed E-state index contributed by atoms with van der Waals surface area (Å²) in [5.74, 6) is 0.0225. The number of benzene rings is 1. The van der Waals surface area contributed by atoms with Crippen molar-refractivity contribution in [2.24, 2.45) is 21.2 Å². The smallest absolute Gasteiger partial charge is 0.240 e. The summed E-state index contributed by atoms with van der Waals surface area (Å²) in [7, 11) is 0. The molecule has 1 N–H and O–H groups in total. The van der Waals surface area contributed by atoms with Gasteiger partial charge >= 0.3 is 0 Å². The molecule has 0 aliphatic carbocycles. The maximum Gasteiger partial charge on any atom is 0.240 e. The minimum absolute atomic E-state index is 0.0497. The Morgan fingerprint density at radius 1 is 0.857 bits per heavy atom. The predicted molar refractivity (Wildman–Crippen MR) is 138 cm³/mol. The van der Waals surface area contributed by atoms with Crippen LogP contribution in [0.5, 0.6) is 0 Å². The van der Waals surface area contributed by atoms with Crippen molar-refractivity contribution in [2.45, 2.75) is 57.9 Å². The van der Waals surface area contributed by atoms with Gasteiger partial charge in [0.2, 0.25) is 5.91 Å². The first-order valence-electron chi connectivity index (χ1n) is 11.9. The van der Waals surface area contributed by atoms with Crippen LogP contribution < -0.4 is 5.43 Å². The molecule has 0 saturated heterocycles. The molecule has 3 heterocycles. The molecule has 4 rings (SSSR count). The minimum atomic E-state index is -0.316. The van der Waals surface area contributed by atoms with Crippen LogP contribution in [-0.4, -0.2) is 27.6 Å². The second-order valence-corrected chi connectivity index (χ2v) is 10.2. The van der Waals surface area contributed by atoms with Gasteiger partial charge in [-0.3, -0.25) is 14.8 Å². The Morgan fingerprint density at radius 3 is 1.86 bits per heavy atom. The van der Waals surface area contributed by atoms with Crippen molar-refractivity contribution in [3.63, 3.8) is 0 Å². The Hall–Kier alpha value is -3.74. The van der Waals surface area contributed by atoms with Crippen LogP contribution in [0.2, 0.25) is 0 Å². The number of hydrogen-bond acceptors (Lipinski definition) is 6. The largest absolute Gasteiger partial charge is 0.273 e. The fourth-order valence-electron chi connectivity index (χ4n) is 4.89. The number of pyridine rings is 2. The quantitative estimate of drug-likeness (QED) is 0.448. The van der Waals surface area contributed by atoms with Crippen molar-refractivity contribution in [3.05, 3.63) is 90.0 Å². The number of carbonyl (C=O) groups is 1. The topological polar surface area (TPSA) is 92.0 Å². The Bertz CT molecular complexity index is 1170. The molecular formula is C28H32N6O. The van der Waals surface area contributed by atoms with Gasteiger partial charge in [-0.25, -0.2) is 5.43 Å². The molecule has 1 aliphatic heterocycles.